The predicted molar refractivity (Wildman–Crippen MR) is 68.5 cm³/mol. The number of hydrogen-bond donors (Lipinski definition) is 2. The van der Waals surface area contributed by atoms with Crippen molar-refractivity contribution in [2.45, 2.75) is 38.3 Å². The zero-order valence-electron chi connectivity index (χ0n) is 10.1. The molecule has 0 heterocycles. The highest BCUT2D eigenvalue weighted by Gasteiger charge is 2.14. The van der Waals surface area contributed by atoms with Crippen LogP contribution in [0, 0.1) is 0 Å². The van der Waals surface area contributed by atoms with Crippen LogP contribution in [0.2, 0.25) is 0 Å². The molecule has 1 fully saturated rings. The highest BCUT2D eigenvalue weighted by Crippen LogP contribution is 2.17. The summed E-state index contributed by atoms with van der Waals surface area (Å²) < 4.78 is 0. The van der Waals surface area contributed by atoms with E-state index in [1.807, 2.05) is 30.3 Å². The van der Waals surface area contributed by atoms with Crippen molar-refractivity contribution in [1.82, 2.24) is 10.6 Å². The minimum absolute atomic E-state index is 0.0840. The summed E-state index contributed by atoms with van der Waals surface area (Å²) in [6.45, 7) is 1.06. The van der Waals surface area contributed by atoms with Crippen LogP contribution in [0.15, 0.2) is 30.3 Å². The summed E-state index contributed by atoms with van der Waals surface area (Å²) in [5.74, 6) is 0.0840. The van der Waals surface area contributed by atoms with E-state index in [0.717, 1.165) is 5.56 Å². The molecule has 1 amide bonds. The van der Waals surface area contributed by atoms with Crippen molar-refractivity contribution in [3.63, 3.8) is 0 Å². The Balaban J connectivity index is 1.64. The molecule has 0 spiro atoms. The summed E-state index contributed by atoms with van der Waals surface area (Å²) in [4.78, 5) is 11.6. The average Bonchev–Trinajstić information content (AvgIpc) is 2.88. The molecule has 0 atom stereocenters. The Labute approximate surface area is 103 Å². The molecule has 0 bridgehead atoms. The van der Waals surface area contributed by atoms with Crippen molar-refractivity contribution in [2.24, 2.45) is 0 Å². The van der Waals surface area contributed by atoms with Gasteiger partial charge < -0.3 is 10.6 Å². The number of carbonyl (C=O) groups is 1. The van der Waals surface area contributed by atoms with E-state index in [4.69, 9.17) is 0 Å². The molecule has 3 nitrogen and oxygen atoms in total. The first kappa shape index (κ1) is 12.1. The Kier molecular flexibility index (Phi) is 4.56. The summed E-state index contributed by atoms with van der Waals surface area (Å²) in [6.07, 6.45) is 5.02. The van der Waals surface area contributed by atoms with Crippen molar-refractivity contribution in [3.05, 3.63) is 35.9 Å². The molecule has 2 N–H and O–H groups in total. The highest BCUT2D eigenvalue weighted by atomic mass is 16.1. The molecule has 92 valence electrons. The molecule has 1 aromatic carbocycles. The van der Waals surface area contributed by atoms with Gasteiger partial charge in [-0.2, -0.15) is 0 Å². The molecule has 1 aliphatic rings. The molecular formula is C14H20N2O. The van der Waals surface area contributed by atoms with Crippen molar-refractivity contribution in [2.75, 3.05) is 6.54 Å². The van der Waals surface area contributed by atoms with Crippen molar-refractivity contribution in [1.29, 1.82) is 0 Å². The fourth-order valence-corrected chi connectivity index (χ4v) is 2.23. The van der Waals surface area contributed by atoms with Gasteiger partial charge in [-0.3, -0.25) is 4.79 Å². The fraction of sp³-hybridized carbons (Fsp3) is 0.500. The van der Waals surface area contributed by atoms with Gasteiger partial charge in [0, 0.05) is 12.6 Å². The lowest BCUT2D eigenvalue weighted by molar-refractivity contribution is -0.120. The largest absolute Gasteiger partial charge is 0.351 e. The molecule has 17 heavy (non-hydrogen) atoms. The molecule has 1 aromatic rings. The van der Waals surface area contributed by atoms with Gasteiger partial charge in [0.2, 0.25) is 5.91 Å². The monoisotopic (exact) mass is 232 g/mol. The SMILES string of the molecule is O=C(CNC1CCCC1)NCc1ccccc1. The number of rotatable bonds is 5. The number of carbonyl (C=O) groups excluding carboxylic acids is 1. The predicted octanol–water partition coefficient (Wildman–Crippen LogP) is 1.83. The van der Waals surface area contributed by atoms with Gasteiger partial charge in [0.05, 0.1) is 6.54 Å². The van der Waals surface area contributed by atoms with E-state index in [0.29, 0.717) is 19.1 Å². The maximum Gasteiger partial charge on any atom is 0.234 e. The molecule has 0 radical (unpaired) electrons. The van der Waals surface area contributed by atoms with E-state index in [1.54, 1.807) is 0 Å². The van der Waals surface area contributed by atoms with Gasteiger partial charge in [-0.25, -0.2) is 0 Å². The first-order valence-electron chi connectivity index (χ1n) is 6.38. The molecule has 0 unspecified atom stereocenters. The first-order valence-corrected chi connectivity index (χ1v) is 6.38. The van der Waals surface area contributed by atoms with Crippen LogP contribution in [0.1, 0.15) is 31.2 Å². The topological polar surface area (TPSA) is 41.1 Å². The number of benzene rings is 1. The standard InChI is InChI=1S/C14H20N2O/c17-14(11-15-13-8-4-5-9-13)16-10-12-6-2-1-3-7-12/h1-3,6-7,13,15H,4-5,8-11H2,(H,16,17). The Bertz CT molecular complexity index is 344. The van der Waals surface area contributed by atoms with Crippen molar-refractivity contribution >= 4 is 5.91 Å². The van der Waals surface area contributed by atoms with Crippen LogP contribution < -0.4 is 10.6 Å². The molecule has 3 heteroatoms. The molecule has 1 aliphatic carbocycles. The molecule has 1 saturated carbocycles. The minimum Gasteiger partial charge on any atom is -0.351 e. The van der Waals surface area contributed by atoms with Crippen molar-refractivity contribution < 1.29 is 4.79 Å². The van der Waals surface area contributed by atoms with Gasteiger partial charge in [-0.1, -0.05) is 43.2 Å². The molecule has 0 aliphatic heterocycles. The number of hydrogen-bond acceptors (Lipinski definition) is 2. The van der Waals surface area contributed by atoms with Crippen LogP contribution >= 0.6 is 0 Å². The lowest BCUT2D eigenvalue weighted by Gasteiger charge is -2.11. The number of nitrogens with one attached hydrogen (secondary N) is 2. The zero-order chi connectivity index (χ0) is 11.9. The second-order valence-electron chi connectivity index (χ2n) is 4.62. The van der Waals surface area contributed by atoms with Crippen LogP contribution in [-0.2, 0) is 11.3 Å². The van der Waals surface area contributed by atoms with Crippen LogP contribution in [0.25, 0.3) is 0 Å². The smallest absolute Gasteiger partial charge is 0.234 e. The highest BCUT2D eigenvalue weighted by molar-refractivity contribution is 5.78. The Morgan fingerprint density at radius 1 is 1.18 bits per heavy atom. The quantitative estimate of drug-likeness (QED) is 0.813. The second-order valence-corrected chi connectivity index (χ2v) is 4.62. The van der Waals surface area contributed by atoms with Gasteiger partial charge in [0.15, 0.2) is 0 Å². The summed E-state index contributed by atoms with van der Waals surface area (Å²) in [5.41, 5.74) is 1.14. The maximum absolute atomic E-state index is 11.6. The third kappa shape index (κ3) is 4.19. The summed E-state index contributed by atoms with van der Waals surface area (Å²) in [5, 5.41) is 6.23. The van der Waals surface area contributed by atoms with E-state index >= 15 is 0 Å². The van der Waals surface area contributed by atoms with Crippen LogP contribution in [-0.4, -0.2) is 18.5 Å². The maximum atomic E-state index is 11.6. The lowest BCUT2D eigenvalue weighted by Crippen LogP contribution is -2.37. The van der Waals surface area contributed by atoms with Gasteiger partial charge in [0.1, 0.15) is 0 Å². The van der Waals surface area contributed by atoms with E-state index in [9.17, 15) is 4.79 Å². The van der Waals surface area contributed by atoms with Gasteiger partial charge in [-0.05, 0) is 18.4 Å². The van der Waals surface area contributed by atoms with Gasteiger partial charge in [-0.15, -0.1) is 0 Å². The summed E-state index contributed by atoms with van der Waals surface area (Å²) >= 11 is 0. The summed E-state index contributed by atoms with van der Waals surface area (Å²) in [6, 6.07) is 10.5. The van der Waals surface area contributed by atoms with E-state index in [1.165, 1.54) is 25.7 Å². The summed E-state index contributed by atoms with van der Waals surface area (Å²) in [7, 11) is 0. The lowest BCUT2D eigenvalue weighted by atomic mass is 10.2. The van der Waals surface area contributed by atoms with Gasteiger partial charge >= 0.3 is 0 Å². The Morgan fingerprint density at radius 2 is 1.88 bits per heavy atom. The number of amides is 1. The third-order valence-electron chi connectivity index (χ3n) is 3.24. The van der Waals surface area contributed by atoms with Crippen LogP contribution in [0.4, 0.5) is 0 Å². The Morgan fingerprint density at radius 3 is 2.59 bits per heavy atom. The van der Waals surface area contributed by atoms with Crippen molar-refractivity contribution in [3.8, 4) is 0 Å². The van der Waals surface area contributed by atoms with Gasteiger partial charge in [0.25, 0.3) is 0 Å². The first-order chi connectivity index (χ1) is 8.34. The van der Waals surface area contributed by atoms with Crippen LogP contribution in [0.5, 0.6) is 0 Å². The third-order valence-corrected chi connectivity index (χ3v) is 3.24. The second kappa shape index (κ2) is 6.40. The molecule has 2 rings (SSSR count). The van der Waals surface area contributed by atoms with Crippen LogP contribution in [0.3, 0.4) is 0 Å². The molecule has 0 aromatic heterocycles. The molecular weight excluding hydrogens is 212 g/mol. The zero-order valence-corrected chi connectivity index (χ0v) is 10.1. The minimum atomic E-state index is 0.0840. The normalized spacial score (nSPS) is 16.0. The Hall–Kier alpha value is -1.35. The molecule has 0 saturated heterocycles. The van der Waals surface area contributed by atoms with E-state index in [-0.39, 0.29) is 5.91 Å². The average molecular weight is 232 g/mol. The van der Waals surface area contributed by atoms with E-state index in [2.05, 4.69) is 10.6 Å². The van der Waals surface area contributed by atoms with E-state index < -0.39 is 0 Å². The fourth-order valence-electron chi connectivity index (χ4n) is 2.23.